The number of halogens is 1. The molecular weight excluding hydrogens is 310 g/mol. The molecule has 4 aliphatic heterocycles. The van der Waals surface area contributed by atoms with Crippen LogP contribution in [0.25, 0.3) is 0 Å². The molecule has 3 atom stereocenters. The van der Waals surface area contributed by atoms with E-state index in [4.69, 9.17) is 5.73 Å². The Morgan fingerprint density at radius 2 is 1.83 bits per heavy atom. The summed E-state index contributed by atoms with van der Waals surface area (Å²) >= 11 is 0. The van der Waals surface area contributed by atoms with Crippen molar-refractivity contribution in [1.29, 1.82) is 0 Å². The molecule has 5 rings (SSSR count). The van der Waals surface area contributed by atoms with Crippen LogP contribution in [0.5, 0.6) is 0 Å². The van der Waals surface area contributed by atoms with Crippen molar-refractivity contribution in [2.75, 3.05) is 26.2 Å². The molecule has 0 unspecified atom stereocenters. The Morgan fingerprint density at radius 1 is 1.13 bits per heavy atom. The number of nitrogens with zero attached hydrogens (tertiary/aromatic N) is 2. The normalized spacial score (nSPS) is 35.6. The third kappa shape index (κ3) is 3.00. The van der Waals surface area contributed by atoms with Crippen LogP contribution >= 0.6 is 12.4 Å². The lowest BCUT2D eigenvalue weighted by Gasteiger charge is -2.51. The lowest BCUT2D eigenvalue weighted by Crippen LogP contribution is -2.60. The summed E-state index contributed by atoms with van der Waals surface area (Å²) in [5.41, 5.74) is 6.83. The molecule has 2 N–H and O–H groups in total. The second kappa shape index (κ2) is 6.80. The molecule has 23 heavy (non-hydrogen) atoms. The van der Waals surface area contributed by atoms with Crippen molar-refractivity contribution in [2.24, 2.45) is 11.7 Å². The Kier molecular flexibility index (Phi) is 4.95. The Bertz CT molecular complexity index is 544. The molecule has 1 amide bonds. The van der Waals surface area contributed by atoms with Gasteiger partial charge in [-0.15, -0.1) is 12.4 Å². The number of fused-ring (bicyclic) bond motifs is 2. The third-order valence-electron chi connectivity index (χ3n) is 5.97. The predicted octanol–water partition coefficient (Wildman–Crippen LogP) is 1.85. The van der Waals surface area contributed by atoms with Gasteiger partial charge < -0.3 is 5.73 Å². The third-order valence-corrected chi connectivity index (χ3v) is 5.97. The second-order valence-electron chi connectivity index (χ2n) is 7.08. The summed E-state index contributed by atoms with van der Waals surface area (Å²) < 4.78 is 0. The zero-order chi connectivity index (χ0) is 15.1. The maximum atomic E-state index is 11.2. The van der Waals surface area contributed by atoms with Gasteiger partial charge in [-0.3, -0.25) is 14.6 Å². The molecule has 2 bridgehead atoms. The minimum atomic E-state index is -0.180. The predicted molar refractivity (Wildman–Crippen MR) is 93.7 cm³/mol. The van der Waals surface area contributed by atoms with Crippen LogP contribution in [0.2, 0.25) is 0 Å². The Labute approximate surface area is 144 Å². The van der Waals surface area contributed by atoms with Gasteiger partial charge in [-0.25, -0.2) is 0 Å². The minimum absolute atomic E-state index is 0. The number of benzene rings is 1. The Morgan fingerprint density at radius 3 is 2.48 bits per heavy atom. The lowest BCUT2D eigenvalue weighted by molar-refractivity contribution is -0.118. The molecule has 1 aromatic carbocycles. The fourth-order valence-electron chi connectivity index (χ4n) is 5.04. The molecule has 5 heteroatoms. The summed E-state index contributed by atoms with van der Waals surface area (Å²) in [6.45, 7) is 4.39. The fourth-order valence-corrected chi connectivity index (χ4v) is 5.04. The molecule has 0 aliphatic carbocycles. The Balaban J connectivity index is 0.00000156. The van der Waals surface area contributed by atoms with Crippen molar-refractivity contribution < 1.29 is 4.79 Å². The first-order valence-corrected chi connectivity index (χ1v) is 8.55. The summed E-state index contributed by atoms with van der Waals surface area (Å²) in [4.78, 5) is 16.5. The van der Waals surface area contributed by atoms with Gasteiger partial charge in [0.2, 0.25) is 5.91 Å². The smallest absolute Gasteiger partial charge is 0.218 e. The maximum absolute atomic E-state index is 11.2. The number of primary amides is 1. The monoisotopic (exact) mass is 335 g/mol. The molecule has 0 radical (unpaired) electrons. The van der Waals surface area contributed by atoms with E-state index in [1.165, 1.54) is 31.5 Å². The summed E-state index contributed by atoms with van der Waals surface area (Å²) in [7, 11) is 0. The molecule has 4 heterocycles. The zero-order valence-electron chi connectivity index (χ0n) is 13.4. The standard InChI is InChI=1S/C18H25N3O.ClH/c19-16(22)8-11-21-12-15(13-4-2-1-3-5-13)18-17(21)14-6-9-20(18)10-7-14;/h1-5,14-15,17-18H,6-12H2,(H2,19,22);1H/t15-,17-,18-;/m1./s1. The highest BCUT2D eigenvalue weighted by atomic mass is 35.5. The summed E-state index contributed by atoms with van der Waals surface area (Å²) in [6, 6.07) is 12.2. The van der Waals surface area contributed by atoms with Crippen molar-refractivity contribution in [3.63, 3.8) is 0 Å². The van der Waals surface area contributed by atoms with E-state index in [1.807, 2.05) is 0 Å². The summed E-state index contributed by atoms with van der Waals surface area (Å²) in [5.74, 6) is 1.19. The number of hydrogen-bond donors (Lipinski definition) is 1. The quantitative estimate of drug-likeness (QED) is 0.913. The first kappa shape index (κ1) is 16.7. The number of piperidine rings is 3. The molecule has 4 fully saturated rings. The maximum Gasteiger partial charge on any atom is 0.218 e. The number of likely N-dealkylation sites (tertiary alicyclic amines) is 1. The van der Waals surface area contributed by atoms with E-state index in [2.05, 4.69) is 40.1 Å². The van der Waals surface area contributed by atoms with Crippen molar-refractivity contribution in [1.82, 2.24) is 9.80 Å². The zero-order valence-corrected chi connectivity index (χ0v) is 14.3. The van der Waals surface area contributed by atoms with Crippen molar-refractivity contribution in [2.45, 2.75) is 37.3 Å². The van der Waals surface area contributed by atoms with Gasteiger partial charge in [0.05, 0.1) is 0 Å². The first-order valence-electron chi connectivity index (χ1n) is 8.55. The van der Waals surface area contributed by atoms with Gasteiger partial charge in [-0.1, -0.05) is 30.3 Å². The average molecular weight is 336 g/mol. The molecule has 0 aromatic heterocycles. The average Bonchev–Trinajstić information content (AvgIpc) is 2.97. The molecule has 4 aliphatic rings. The van der Waals surface area contributed by atoms with Crippen molar-refractivity contribution in [3.8, 4) is 0 Å². The molecule has 126 valence electrons. The Hall–Kier alpha value is -1.10. The van der Waals surface area contributed by atoms with Gasteiger partial charge >= 0.3 is 0 Å². The minimum Gasteiger partial charge on any atom is -0.370 e. The highest BCUT2D eigenvalue weighted by molar-refractivity contribution is 5.85. The van der Waals surface area contributed by atoms with Gasteiger partial charge in [-0.2, -0.15) is 0 Å². The van der Waals surface area contributed by atoms with Crippen LogP contribution in [-0.2, 0) is 4.79 Å². The van der Waals surface area contributed by atoms with E-state index < -0.39 is 0 Å². The fraction of sp³-hybridized carbons (Fsp3) is 0.611. The van der Waals surface area contributed by atoms with Gasteiger partial charge in [0.25, 0.3) is 0 Å². The highest BCUT2D eigenvalue weighted by Gasteiger charge is 2.52. The first-order chi connectivity index (χ1) is 10.7. The number of carbonyl (C=O) groups is 1. The molecule has 1 aromatic rings. The van der Waals surface area contributed by atoms with Crippen LogP contribution in [0.3, 0.4) is 0 Å². The van der Waals surface area contributed by atoms with Crippen LogP contribution < -0.4 is 5.73 Å². The van der Waals surface area contributed by atoms with Gasteiger partial charge in [0, 0.05) is 37.5 Å². The van der Waals surface area contributed by atoms with Crippen LogP contribution in [-0.4, -0.2) is 54.0 Å². The SMILES string of the molecule is Cl.NC(=O)CCN1C[C@H](c2ccccc2)[C@@H]2[C@H]1C1CCN2CC1. The molecule has 4 saturated heterocycles. The molecule has 0 saturated carbocycles. The molecule has 4 nitrogen and oxygen atoms in total. The number of amides is 1. The molecular formula is C18H26ClN3O. The lowest BCUT2D eigenvalue weighted by atomic mass is 9.75. The van der Waals surface area contributed by atoms with E-state index in [9.17, 15) is 4.79 Å². The second-order valence-corrected chi connectivity index (χ2v) is 7.08. The van der Waals surface area contributed by atoms with Gasteiger partial charge in [0.15, 0.2) is 0 Å². The summed E-state index contributed by atoms with van der Waals surface area (Å²) in [5, 5.41) is 0. The van der Waals surface area contributed by atoms with Crippen molar-refractivity contribution >= 4 is 18.3 Å². The van der Waals surface area contributed by atoms with E-state index in [0.29, 0.717) is 24.4 Å². The number of rotatable bonds is 4. The number of carbonyl (C=O) groups excluding carboxylic acids is 1. The topological polar surface area (TPSA) is 49.6 Å². The van der Waals surface area contributed by atoms with Crippen LogP contribution in [0.15, 0.2) is 30.3 Å². The van der Waals surface area contributed by atoms with E-state index in [-0.39, 0.29) is 18.3 Å². The summed E-state index contributed by atoms with van der Waals surface area (Å²) in [6.07, 6.45) is 3.11. The van der Waals surface area contributed by atoms with Gasteiger partial charge in [0.1, 0.15) is 0 Å². The van der Waals surface area contributed by atoms with E-state index in [0.717, 1.165) is 19.0 Å². The van der Waals surface area contributed by atoms with Crippen LogP contribution in [0, 0.1) is 5.92 Å². The van der Waals surface area contributed by atoms with Gasteiger partial charge in [-0.05, 0) is 37.4 Å². The highest BCUT2D eigenvalue weighted by Crippen LogP contribution is 2.46. The number of hydrogen-bond acceptors (Lipinski definition) is 3. The van der Waals surface area contributed by atoms with Crippen LogP contribution in [0.4, 0.5) is 0 Å². The van der Waals surface area contributed by atoms with Crippen LogP contribution in [0.1, 0.15) is 30.7 Å². The largest absolute Gasteiger partial charge is 0.370 e. The van der Waals surface area contributed by atoms with Crippen molar-refractivity contribution in [3.05, 3.63) is 35.9 Å². The van der Waals surface area contributed by atoms with E-state index in [1.54, 1.807) is 0 Å². The molecule has 0 spiro atoms. The van der Waals surface area contributed by atoms with E-state index >= 15 is 0 Å². The number of nitrogens with two attached hydrogens (primary N) is 1.